The maximum atomic E-state index is 11.8. The van der Waals surface area contributed by atoms with Crippen LogP contribution >= 0.6 is 0 Å². The number of nitrogens with zero attached hydrogens (tertiary/aromatic N) is 2. The highest BCUT2D eigenvalue weighted by molar-refractivity contribution is 5.81. The van der Waals surface area contributed by atoms with Crippen LogP contribution in [0.5, 0.6) is 0 Å². The average molecular weight is 293 g/mol. The Hall–Kier alpha value is -2.19. The van der Waals surface area contributed by atoms with E-state index in [-0.39, 0.29) is 17.6 Å². The molecule has 1 atom stereocenters. The van der Waals surface area contributed by atoms with Gasteiger partial charge in [-0.1, -0.05) is 0 Å². The van der Waals surface area contributed by atoms with Gasteiger partial charge >= 0.3 is 0 Å². The number of carbonyl (C=O) groups is 1. The first-order valence-electron chi connectivity index (χ1n) is 6.76. The zero-order valence-electron chi connectivity index (χ0n) is 11.8. The van der Waals surface area contributed by atoms with Gasteiger partial charge in [-0.05, 0) is 31.0 Å². The lowest BCUT2D eigenvalue weighted by molar-refractivity contribution is -0.384. The van der Waals surface area contributed by atoms with Crippen LogP contribution in [0.1, 0.15) is 18.4 Å². The van der Waals surface area contributed by atoms with Gasteiger partial charge in [0.15, 0.2) is 0 Å². The molecule has 1 unspecified atom stereocenters. The normalized spacial score (nSPS) is 18.5. The summed E-state index contributed by atoms with van der Waals surface area (Å²) in [4.78, 5) is 24.3. The lowest BCUT2D eigenvalue weighted by atomic mass is 10.1. The number of anilines is 1. The van der Waals surface area contributed by atoms with Crippen molar-refractivity contribution in [2.24, 2.45) is 5.84 Å². The van der Waals surface area contributed by atoms with Crippen molar-refractivity contribution < 1.29 is 9.72 Å². The Morgan fingerprint density at radius 2 is 2.33 bits per heavy atom. The lowest BCUT2D eigenvalue weighted by Gasteiger charge is -2.24. The van der Waals surface area contributed by atoms with Crippen molar-refractivity contribution in [2.75, 3.05) is 19.0 Å². The number of nitrogens with one attached hydrogen (secondary N) is 2. The fourth-order valence-electron chi connectivity index (χ4n) is 2.66. The number of hydrogen-bond donors (Lipinski definition) is 3. The van der Waals surface area contributed by atoms with E-state index in [1.54, 1.807) is 13.1 Å². The van der Waals surface area contributed by atoms with E-state index in [0.29, 0.717) is 17.8 Å². The fourth-order valence-corrected chi connectivity index (χ4v) is 2.66. The first-order chi connectivity index (χ1) is 10.1. The molecule has 4 N–H and O–H groups in total. The van der Waals surface area contributed by atoms with Crippen LogP contribution in [0.4, 0.5) is 11.4 Å². The number of nitro benzene ring substituents is 1. The van der Waals surface area contributed by atoms with Crippen molar-refractivity contribution in [3.8, 4) is 0 Å². The molecule has 1 aromatic carbocycles. The molecule has 0 aliphatic carbocycles. The van der Waals surface area contributed by atoms with Crippen LogP contribution in [-0.2, 0) is 11.3 Å². The maximum Gasteiger partial charge on any atom is 0.269 e. The number of nitrogen functional groups attached to an aromatic ring is 1. The highest BCUT2D eigenvalue weighted by atomic mass is 16.6. The summed E-state index contributed by atoms with van der Waals surface area (Å²) in [7, 11) is 1.61. The van der Waals surface area contributed by atoms with Gasteiger partial charge in [-0.2, -0.15) is 0 Å². The van der Waals surface area contributed by atoms with E-state index in [9.17, 15) is 14.9 Å². The highest BCUT2D eigenvalue weighted by Crippen LogP contribution is 2.26. The molecule has 21 heavy (non-hydrogen) atoms. The van der Waals surface area contributed by atoms with Gasteiger partial charge in [-0.15, -0.1) is 0 Å². The quantitative estimate of drug-likeness (QED) is 0.416. The number of non-ortho nitro benzene ring substituents is 1. The number of nitrogens with two attached hydrogens (primary N) is 1. The summed E-state index contributed by atoms with van der Waals surface area (Å²) in [5.74, 6) is 5.43. The topological polar surface area (TPSA) is 114 Å². The molecule has 0 radical (unpaired) electrons. The number of rotatable bonds is 5. The Balaban J connectivity index is 2.23. The minimum Gasteiger partial charge on any atom is -0.358 e. The molecule has 0 aromatic heterocycles. The van der Waals surface area contributed by atoms with Crippen LogP contribution in [-0.4, -0.2) is 35.4 Å². The number of hydrazine groups is 1. The number of hydrogen-bond acceptors (Lipinski definition) is 6. The minimum absolute atomic E-state index is 0.0136. The van der Waals surface area contributed by atoms with E-state index in [2.05, 4.69) is 10.7 Å². The zero-order valence-corrected chi connectivity index (χ0v) is 11.8. The lowest BCUT2D eigenvalue weighted by Crippen LogP contribution is -2.41. The maximum absolute atomic E-state index is 11.8. The molecule has 8 nitrogen and oxygen atoms in total. The van der Waals surface area contributed by atoms with E-state index in [1.165, 1.54) is 12.1 Å². The summed E-state index contributed by atoms with van der Waals surface area (Å²) in [6.07, 6.45) is 1.72. The van der Waals surface area contributed by atoms with Crippen molar-refractivity contribution in [2.45, 2.75) is 25.4 Å². The highest BCUT2D eigenvalue weighted by Gasteiger charge is 2.30. The number of likely N-dealkylation sites (N-methyl/N-ethyl adjacent to an activating group) is 1. The second-order valence-corrected chi connectivity index (χ2v) is 4.99. The summed E-state index contributed by atoms with van der Waals surface area (Å²) in [5, 5.41) is 13.5. The molecule has 0 bridgehead atoms. The summed E-state index contributed by atoms with van der Waals surface area (Å²) in [5.41, 5.74) is 3.90. The van der Waals surface area contributed by atoms with Crippen molar-refractivity contribution in [3.05, 3.63) is 33.9 Å². The fraction of sp³-hybridized carbons (Fsp3) is 0.462. The van der Waals surface area contributed by atoms with Crippen molar-refractivity contribution in [3.63, 3.8) is 0 Å². The van der Waals surface area contributed by atoms with Gasteiger partial charge in [0, 0.05) is 25.7 Å². The first-order valence-corrected chi connectivity index (χ1v) is 6.76. The van der Waals surface area contributed by atoms with Crippen molar-refractivity contribution in [1.82, 2.24) is 10.2 Å². The van der Waals surface area contributed by atoms with Crippen LogP contribution in [0, 0.1) is 10.1 Å². The minimum atomic E-state index is -0.440. The molecule has 2 rings (SSSR count). The number of carbonyl (C=O) groups excluding carboxylic acids is 1. The van der Waals surface area contributed by atoms with Gasteiger partial charge in [-0.3, -0.25) is 25.7 Å². The number of benzene rings is 1. The summed E-state index contributed by atoms with van der Waals surface area (Å²) in [6, 6.07) is 4.28. The molecule has 1 amide bonds. The largest absolute Gasteiger partial charge is 0.358 e. The monoisotopic (exact) mass is 293 g/mol. The Kier molecular flexibility index (Phi) is 4.71. The Labute approximate surface area is 122 Å². The molecule has 1 aliphatic rings. The van der Waals surface area contributed by atoms with E-state index in [1.807, 2.05) is 4.90 Å². The van der Waals surface area contributed by atoms with Gasteiger partial charge in [0.05, 0.1) is 16.7 Å². The number of amides is 1. The molecular weight excluding hydrogens is 274 g/mol. The second kappa shape index (κ2) is 6.51. The Bertz CT molecular complexity index is 549. The van der Waals surface area contributed by atoms with Crippen molar-refractivity contribution in [1.29, 1.82) is 0 Å². The predicted molar refractivity (Wildman–Crippen MR) is 78.4 cm³/mol. The van der Waals surface area contributed by atoms with Crippen molar-refractivity contribution >= 4 is 17.3 Å². The molecule has 1 aliphatic heterocycles. The molecule has 1 fully saturated rings. The smallest absolute Gasteiger partial charge is 0.269 e. The van der Waals surface area contributed by atoms with Gasteiger partial charge in [0.1, 0.15) is 0 Å². The second-order valence-electron chi connectivity index (χ2n) is 4.99. The third-order valence-corrected chi connectivity index (χ3v) is 3.74. The molecule has 1 heterocycles. The number of likely N-dealkylation sites (tertiary alicyclic amines) is 1. The summed E-state index contributed by atoms with van der Waals surface area (Å²) < 4.78 is 0. The van der Waals surface area contributed by atoms with Gasteiger partial charge < -0.3 is 10.7 Å². The van der Waals surface area contributed by atoms with E-state index >= 15 is 0 Å². The molecule has 8 heteroatoms. The molecule has 0 saturated carbocycles. The van der Waals surface area contributed by atoms with Crippen LogP contribution < -0.4 is 16.6 Å². The molecule has 1 saturated heterocycles. The summed E-state index contributed by atoms with van der Waals surface area (Å²) in [6.45, 7) is 1.23. The average Bonchev–Trinajstić information content (AvgIpc) is 2.94. The third-order valence-electron chi connectivity index (χ3n) is 3.74. The van der Waals surface area contributed by atoms with Gasteiger partial charge in [-0.25, -0.2) is 0 Å². The van der Waals surface area contributed by atoms with Crippen LogP contribution in [0.3, 0.4) is 0 Å². The zero-order chi connectivity index (χ0) is 15.4. The third kappa shape index (κ3) is 3.29. The summed E-state index contributed by atoms with van der Waals surface area (Å²) >= 11 is 0. The van der Waals surface area contributed by atoms with Crippen LogP contribution in [0.15, 0.2) is 18.2 Å². The van der Waals surface area contributed by atoms with E-state index in [0.717, 1.165) is 19.4 Å². The Morgan fingerprint density at radius 3 is 2.95 bits per heavy atom. The van der Waals surface area contributed by atoms with Crippen LogP contribution in [0.25, 0.3) is 0 Å². The van der Waals surface area contributed by atoms with Gasteiger partial charge in [0.2, 0.25) is 5.91 Å². The molecular formula is C13H19N5O3. The SMILES string of the molecule is CNC(=O)C1CCCN1Cc1cc([N+](=O)[O-])ccc1NN. The number of nitro groups is 1. The molecule has 0 spiro atoms. The van der Waals surface area contributed by atoms with Gasteiger partial charge in [0.25, 0.3) is 5.69 Å². The van der Waals surface area contributed by atoms with E-state index < -0.39 is 4.92 Å². The molecule has 1 aromatic rings. The predicted octanol–water partition coefficient (Wildman–Crippen LogP) is 0.591. The first kappa shape index (κ1) is 15.2. The van der Waals surface area contributed by atoms with E-state index in [4.69, 9.17) is 5.84 Å². The Morgan fingerprint density at radius 1 is 1.57 bits per heavy atom. The van der Waals surface area contributed by atoms with Crippen LogP contribution in [0.2, 0.25) is 0 Å². The standard InChI is InChI=1S/C13H19N5O3/c1-15-13(19)12-3-2-6-17(12)8-9-7-10(18(20)21)4-5-11(9)16-14/h4-5,7,12,16H,2-3,6,8,14H2,1H3,(H,15,19). The molecule has 114 valence electrons.